The number of benzene rings is 1. The number of rotatable bonds is 6. The lowest BCUT2D eigenvalue weighted by molar-refractivity contribution is 0.102. The first-order valence-corrected chi connectivity index (χ1v) is 12.2. The van der Waals surface area contributed by atoms with E-state index in [1.165, 1.54) is 5.56 Å². The summed E-state index contributed by atoms with van der Waals surface area (Å²) in [5, 5.41) is 3.97. The van der Waals surface area contributed by atoms with Crippen molar-refractivity contribution in [1.29, 1.82) is 0 Å². The summed E-state index contributed by atoms with van der Waals surface area (Å²) in [6.07, 6.45) is 7.66. The minimum Gasteiger partial charge on any atom is -0.477 e. The van der Waals surface area contributed by atoms with Crippen LogP contribution in [0.2, 0.25) is 0 Å². The minimum atomic E-state index is -0.346. The monoisotopic (exact) mass is 460 g/mol. The van der Waals surface area contributed by atoms with Crippen LogP contribution in [0, 0.1) is 0 Å². The summed E-state index contributed by atoms with van der Waals surface area (Å²) in [5.41, 5.74) is 17.7. The van der Waals surface area contributed by atoms with Gasteiger partial charge in [-0.05, 0) is 43.4 Å². The van der Waals surface area contributed by atoms with E-state index < -0.39 is 0 Å². The fourth-order valence-electron chi connectivity index (χ4n) is 4.92. The number of nitrogens with zero attached hydrogens (tertiary/aromatic N) is 3. The molecule has 2 aromatic heterocycles. The summed E-state index contributed by atoms with van der Waals surface area (Å²) < 4.78 is 5.69. The number of pyridine rings is 2. The van der Waals surface area contributed by atoms with Crippen LogP contribution in [0.25, 0.3) is 10.9 Å². The maximum Gasteiger partial charge on any atom is 0.276 e. The number of nitrogen functional groups attached to an aromatic ring is 1. The van der Waals surface area contributed by atoms with Crippen molar-refractivity contribution >= 4 is 33.9 Å². The molecule has 0 saturated carbocycles. The molecule has 1 amide bonds. The van der Waals surface area contributed by atoms with E-state index in [-0.39, 0.29) is 17.6 Å². The zero-order chi connectivity index (χ0) is 23.7. The quantitative estimate of drug-likeness (QED) is 0.513. The van der Waals surface area contributed by atoms with Crippen molar-refractivity contribution < 1.29 is 9.53 Å². The Bertz CT molecular complexity index is 1230. The number of nitrogens with one attached hydrogen (secondary N) is 1. The Morgan fingerprint density at radius 3 is 3.03 bits per heavy atom. The number of ether oxygens (including phenoxy) is 1. The fraction of sp³-hybridized carbons (Fsp3) is 0.423. The normalized spacial score (nSPS) is 17.5. The molecule has 1 atom stereocenters. The summed E-state index contributed by atoms with van der Waals surface area (Å²) in [4.78, 5) is 24.7. The molecule has 5 N–H and O–H groups in total. The topological polar surface area (TPSA) is 119 Å². The van der Waals surface area contributed by atoms with Crippen LogP contribution < -0.4 is 26.4 Å². The standard InChI is InChI=1S/C26H32N6O2/c1-2-3-5-16-7-8-17-13-20(28)23(30-21(17)12-16)25(33)31-22-14-29-26-19(9-11-34-26)24(22)32-10-4-6-18(27)15-32/h7-8,12-14,18H,2-6,9-11,15,27-28H2,1H3,(H,31,33). The first-order valence-electron chi connectivity index (χ1n) is 12.2. The van der Waals surface area contributed by atoms with Gasteiger partial charge in [-0.2, -0.15) is 0 Å². The highest BCUT2D eigenvalue weighted by atomic mass is 16.5. The van der Waals surface area contributed by atoms with Gasteiger partial charge in [0.05, 0.1) is 35.4 Å². The second-order valence-corrected chi connectivity index (χ2v) is 9.26. The molecule has 0 spiro atoms. The van der Waals surface area contributed by atoms with Gasteiger partial charge in [-0.15, -0.1) is 0 Å². The number of carbonyl (C=O) groups excluding carboxylic acids is 1. The van der Waals surface area contributed by atoms with E-state index in [4.69, 9.17) is 16.2 Å². The van der Waals surface area contributed by atoms with Crippen molar-refractivity contribution in [2.75, 3.05) is 35.6 Å². The third kappa shape index (κ3) is 4.37. The molecule has 0 radical (unpaired) electrons. The third-order valence-corrected chi connectivity index (χ3v) is 6.67. The number of nitrogens with two attached hydrogens (primary N) is 2. The van der Waals surface area contributed by atoms with Crippen LogP contribution in [-0.2, 0) is 12.8 Å². The highest BCUT2D eigenvalue weighted by Gasteiger charge is 2.28. The van der Waals surface area contributed by atoms with Crippen molar-refractivity contribution in [1.82, 2.24) is 9.97 Å². The molecule has 1 aromatic carbocycles. The highest BCUT2D eigenvalue weighted by molar-refractivity contribution is 6.09. The molecule has 1 fully saturated rings. The summed E-state index contributed by atoms with van der Waals surface area (Å²) >= 11 is 0. The first kappa shape index (κ1) is 22.4. The predicted molar refractivity (Wildman–Crippen MR) is 136 cm³/mol. The molecule has 1 saturated heterocycles. The number of aryl methyl sites for hydroxylation is 1. The average Bonchev–Trinajstić information content (AvgIpc) is 3.31. The van der Waals surface area contributed by atoms with Crippen LogP contribution in [0.4, 0.5) is 17.1 Å². The smallest absolute Gasteiger partial charge is 0.276 e. The number of amides is 1. The first-order chi connectivity index (χ1) is 16.5. The number of fused-ring (bicyclic) bond motifs is 2. The number of anilines is 3. The van der Waals surface area contributed by atoms with Gasteiger partial charge >= 0.3 is 0 Å². The molecule has 2 aliphatic heterocycles. The van der Waals surface area contributed by atoms with Gasteiger partial charge in [0.1, 0.15) is 0 Å². The summed E-state index contributed by atoms with van der Waals surface area (Å²) in [7, 11) is 0. The van der Waals surface area contributed by atoms with Gasteiger partial charge in [-0.25, -0.2) is 9.97 Å². The zero-order valence-corrected chi connectivity index (χ0v) is 19.6. The van der Waals surface area contributed by atoms with Crippen LogP contribution in [0.1, 0.15) is 54.2 Å². The molecule has 0 bridgehead atoms. The van der Waals surface area contributed by atoms with Gasteiger partial charge in [0, 0.05) is 36.5 Å². The number of aromatic nitrogens is 2. The third-order valence-electron chi connectivity index (χ3n) is 6.67. The Balaban J connectivity index is 1.48. The Hall–Kier alpha value is -3.39. The average molecular weight is 461 g/mol. The molecule has 2 aliphatic rings. The number of hydrogen-bond acceptors (Lipinski definition) is 7. The van der Waals surface area contributed by atoms with E-state index in [2.05, 4.69) is 39.2 Å². The lowest BCUT2D eigenvalue weighted by Gasteiger charge is -2.34. The number of hydrogen-bond donors (Lipinski definition) is 3. The molecule has 34 heavy (non-hydrogen) atoms. The minimum absolute atomic E-state index is 0.100. The van der Waals surface area contributed by atoms with Crippen molar-refractivity contribution in [3.8, 4) is 5.88 Å². The Kier molecular flexibility index (Phi) is 6.24. The summed E-state index contributed by atoms with van der Waals surface area (Å²) in [5.74, 6) is 0.289. The van der Waals surface area contributed by atoms with Gasteiger partial charge in [-0.3, -0.25) is 4.79 Å². The second-order valence-electron chi connectivity index (χ2n) is 9.26. The van der Waals surface area contributed by atoms with E-state index in [0.717, 1.165) is 73.8 Å². The highest BCUT2D eigenvalue weighted by Crippen LogP contribution is 2.39. The van der Waals surface area contributed by atoms with E-state index in [0.29, 0.717) is 23.9 Å². The molecular weight excluding hydrogens is 428 g/mol. The Morgan fingerprint density at radius 1 is 1.32 bits per heavy atom. The Morgan fingerprint density at radius 2 is 2.21 bits per heavy atom. The molecule has 8 nitrogen and oxygen atoms in total. The molecule has 4 heterocycles. The van der Waals surface area contributed by atoms with Crippen LogP contribution in [0.5, 0.6) is 5.88 Å². The van der Waals surface area contributed by atoms with Gasteiger partial charge in [0.25, 0.3) is 5.91 Å². The molecule has 5 rings (SSSR count). The van der Waals surface area contributed by atoms with Crippen molar-refractivity contribution in [3.63, 3.8) is 0 Å². The fourth-order valence-corrected chi connectivity index (χ4v) is 4.92. The molecular formula is C26H32N6O2. The zero-order valence-electron chi connectivity index (χ0n) is 19.6. The van der Waals surface area contributed by atoms with E-state index >= 15 is 0 Å². The number of piperidine rings is 1. The van der Waals surface area contributed by atoms with Gasteiger partial charge in [-0.1, -0.05) is 25.5 Å². The van der Waals surface area contributed by atoms with Crippen LogP contribution >= 0.6 is 0 Å². The number of unbranched alkanes of at least 4 members (excludes halogenated alkanes) is 1. The maximum atomic E-state index is 13.4. The van der Waals surface area contributed by atoms with E-state index in [1.807, 2.05) is 12.1 Å². The lowest BCUT2D eigenvalue weighted by atomic mass is 10.0. The molecule has 178 valence electrons. The number of carbonyl (C=O) groups is 1. The second kappa shape index (κ2) is 9.46. The van der Waals surface area contributed by atoms with Gasteiger partial charge in [0.15, 0.2) is 5.69 Å². The maximum absolute atomic E-state index is 13.4. The predicted octanol–water partition coefficient (Wildman–Crippen LogP) is 3.67. The molecule has 1 unspecified atom stereocenters. The molecule has 8 heteroatoms. The molecule has 3 aromatic rings. The SMILES string of the molecule is CCCCc1ccc2cc(N)c(C(=O)Nc3cnc4c(c3N3CCCC(N)C3)CCO4)nc2c1. The van der Waals surface area contributed by atoms with Crippen LogP contribution in [0.3, 0.4) is 0 Å². The summed E-state index contributed by atoms with van der Waals surface area (Å²) in [6, 6.07) is 8.10. The van der Waals surface area contributed by atoms with Crippen LogP contribution in [0.15, 0.2) is 30.5 Å². The van der Waals surface area contributed by atoms with Crippen molar-refractivity contribution in [3.05, 3.63) is 47.3 Å². The van der Waals surface area contributed by atoms with Gasteiger partial charge in [0.2, 0.25) is 5.88 Å². The largest absolute Gasteiger partial charge is 0.477 e. The van der Waals surface area contributed by atoms with Crippen LogP contribution in [-0.4, -0.2) is 41.6 Å². The van der Waals surface area contributed by atoms with E-state index in [9.17, 15) is 4.79 Å². The Labute approximate surface area is 199 Å². The lowest BCUT2D eigenvalue weighted by Crippen LogP contribution is -2.43. The van der Waals surface area contributed by atoms with Gasteiger partial charge < -0.3 is 26.4 Å². The summed E-state index contributed by atoms with van der Waals surface area (Å²) in [6.45, 7) is 4.38. The van der Waals surface area contributed by atoms with Crippen molar-refractivity contribution in [2.24, 2.45) is 5.73 Å². The van der Waals surface area contributed by atoms with Crippen molar-refractivity contribution in [2.45, 2.75) is 51.5 Å². The molecule has 0 aliphatic carbocycles. The van der Waals surface area contributed by atoms with E-state index in [1.54, 1.807) is 6.20 Å².